The standard InChI is InChI=1S/C20H21F3N6/c21-15-6-5-13(16(22)17(15)23)14-2-1-7-29-19(14)26-20(27-29)25-18-11-3-4-12(18)9-28(8-11)10-24/h5-6,11-12,14,18H,1-4,7-9H2,(H,25,27). The first-order valence-corrected chi connectivity index (χ1v) is 10.0. The number of hydrogen-bond donors (Lipinski definition) is 1. The Labute approximate surface area is 166 Å². The van der Waals surface area contributed by atoms with Crippen molar-refractivity contribution in [1.29, 1.82) is 5.26 Å². The van der Waals surface area contributed by atoms with Crippen molar-refractivity contribution in [2.75, 3.05) is 18.4 Å². The van der Waals surface area contributed by atoms with Crippen LogP contribution in [0, 0.1) is 40.7 Å². The average Bonchev–Trinajstić information content (AvgIpc) is 3.23. The third-order valence-electron chi connectivity index (χ3n) is 6.59. The van der Waals surface area contributed by atoms with E-state index in [9.17, 15) is 18.4 Å². The van der Waals surface area contributed by atoms with Crippen LogP contribution in [0.25, 0.3) is 0 Å². The van der Waals surface area contributed by atoms with Gasteiger partial charge in [0.15, 0.2) is 23.6 Å². The second-order valence-corrected chi connectivity index (χ2v) is 8.25. The normalized spacial score (nSPS) is 28.1. The lowest BCUT2D eigenvalue weighted by Crippen LogP contribution is -2.46. The summed E-state index contributed by atoms with van der Waals surface area (Å²) in [6.07, 6.45) is 5.73. The van der Waals surface area contributed by atoms with Crippen molar-refractivity contribution < 1.29 is 13.2 Å². The maximum absolute atomic E-state index is 14.4. The molecule has 29 heavy (non-hydrogen) atoms. The second kappa shape index (κ2) is 6.94. The van der Waals surface area contributed by atoms with Crippen LogP contribution in [0.1, 0.15) is 43.0 Å². The van der Waals surface area contributed by atoms with Gasteiger partial charge in [0.25, 0.3) is 0 Å². The van der Waals surface area contributed by atoms with E-state index in [2.05, 4.69) is 21.6 Å². The van der Waals surface area contributed by atoms with Gasteiger partial charge in [-0.3, -0.25) is 0 Å². The first-order valence-electron chi connectivity index (χ1n) is 10.0. The topological polar surface area (TPSA) is 69.8 Å². The zero-order valence-electron chi connectivity index (χ0n) is 15.8. The molecule has 6 nitrogen and oxygen atoms in total. The lowest BCUT2D eigenvalue weighted by molar-refractivity contribution is 0.217. The largest absolute Gasteiger partial charge is 0.350 e. The molecule has 3 atom stereocenters. The summed E-state index contributed by atoms with van der Waals surface area (Å²) in [5, 5.41) is 17.2. The molecule has 1 saturated heterocycles. The summed E-state index contributed by atoms with van der Waals surface area (Å²) in [5.41, 5.74) is 0.117. The molecule has 0 radical (unpaired) electrons. The number of likely N-dealkylation sites (tertiary alicyclic amines) is 1. The van der Waals surface area contributed by atoms with E-state index in [4.69, 9.17) is 0 Å². The zero-order chi connectivity index (χ0) is 20.1. The van der Waals surface area contributed by atoms with E-state index in [0.717, 1.165) is 38.4 Å². The van der Waals surface area contributed by atoms with Gasteiger partial charge in [0.2, 0.25) is 5.95 Å². The van der Waals surface area contributed by atoms with E-state index >= 15 is 0 Å². The molecule has 152 valence electrons. The van der Waals surface area contributed by atoms with Crippen LogP contribution in [0.2, 0.25) is 0 Å². The molecule has 3 aliphatic rings. The quantitative estimate of drug-likeness (QED) is 0.631. The van der Waals surface area contributed by atoms with E-state index in [1.165, 1.54) is 6.07 Å². The Kier molecular flexibility index (Phi) is 4.37. The number of piperidine rings is 1. The number of rotatable bonds is 3. The molecule has 0 spiro atoms. The summed E-state index contributed by atoms with van der Waals surface area (Å²) in [5.74, 6) is -2.44. The molecular formula is C20H21F3N6. The fourth-order valence-electron chi connectivity index (χ4n) is 5.21. The monoisotopic (exact) mass is 402 g/mol. The maximum atomic E-state index is 14.4. The minimum absolute atomic E-state index is 0.117. The molecule has 2 bridgehead atoms. The number of aryl methyl sites for hydroxylation is 1. The number of nitriles is 1. The third kappa shape index (κ3) is 3.02. The molecule has 3 heterocycles. The number of hydrogen-bond acceptors (Lipinski definition) is 5. The van der Waals surface area contributed by atoms with Crippen LogP contribution < -0.4 is 5.32 Å². The van der Waals surface area contributed by atoms with Crippen LogP contribution in [0.5, 0.6) is 0 Å². The molecule has 2 aromatic rings. The van der Waals surface area contributed by atoms with Crippen LogP contribution in [-0.4, -0.2) is 38.8 Å². The lowest BCUT2D eigenvalue weighted by atomic mass is 9.90. The fourth-order valence-corrected chi connectivity index (χ4v) is 5.21. The average molecular weight is 402 g/mol. The van der Waals surface area contributed by atoms with Crippen LogP contribution in [0.4, 0.5) is 19.1 Å². The van der Waals surface area contributed by atoms with Crippen LogP contribution >= 0.6 is 0 Å². The van der Waals surface area contributed by atoms with Gasteiger partial charge in [-0.15, -0.1) is 5.10 Å². The number of nitrogens with zero attached hydrogens (tertiary/aromatic N) is 5. The van der Waals surface area contributed by atoms with E-state index in [1.807, 2.05) is 4.90 Å². The zero-order valence-corrected chi connectivity index (χ0v) is 15.8. The Morgan fingerprint density at radius 3 is 2.55 bits per heavy atom. The van der Waals surface area contributed by atoms with Gasteiger partial charge in [-0.2, -0.15) is 10.2 Å². The molecule has 9 heteroatoms. The van der Waals surface area contributed by atoms with Crippen molar-refractivity contribution in [2.45, 2.75) is 44.2 Å². The molecule has 1 saturated carbocycles. The van der Waals surface area contributed by atoms with E-state index in [-0.39, 0.29) is 11.6 Å². The van der Waals surface area contributed by atoms with Crippen molar-refractivity contribution in [2.24, 2.45) is 11.8 Å². The Bertz CT molecular complexity index is 969. The van der Waals surface area contributed by atoms with Gasteiger partial charge in [0.05, 0.1) is 0 Å². The predicted molar refractivity (Wildman–Crippen MR) is 98.2 cm³/mol. The molecule has 0 amide bonds. The van der Waals surface area contributed by atoms with Gasteiger partial charge in [0, 0.05) is 37.2 Å². The predicted octanol–water partition coefficient (Wildman–Crippen LogP) is 3.22. The molecule has 1 aliphatic carbocycles. The van der Waals surface area contributed by atoms with Gasteiger partial charge in [-0.05, 0) is 43.6 Å². The van der Waals surface area contributed by atoms with Crippen molar-refractivity contribution in [3.8, 4) is 6.19 Å². The summed E-state index contributed by atoms with van der Waals surface area (Å²) in [6, 6.07) is 2.47. The molecule has 1 N–H and O–H groups in total. The van der Waals surface area contributed by atoms with Crippen molar-refractivity contribution in [3.63, 3.8) is 0 Å². The van der Waals surface area contributed by atoms with E-state index in [1.54, 1.807) is 4.68 Å². The minimum atomic E-state index is -1.45. The lowest BCUT2D eigenvalue weighted by Gasteiger charge is -2.35. The van der Waals surface area contributed by atoms with Crippen molar-refractivity contribution in [3.05, 3.63) is 41.0 Å². The molecule has 2 fully saturated rings. The van der Waals surface area contributed by atoms with E-state index < -0.39 is 23.4 Å². The number of halogens is 3. The fraction of sp³-hybridized carbons (Fsp3) is 0.550. The molecule has 5 rings (SSSR count). The van der Waals surface area contributed by atoms with E-state index in [0.29, 0.717) is 36.6 Å². The molecular weight excluding hydrogens is 381 g/mol. The molecule has 1 aromatic carbocycles. The maximum Gasteiger partial charge on any atom is 0.242 e. The Balaban J connectivity index is 1.41. The van der Waals surface area contributed by atoms with Crippen LogP contribution in [0.3, 0.4) is 0 Å². The van der Waals surface area contributed by atoms with Crippen LogP contribution in [-0.2, 0) is 6.54 Å². The number of nitrogens with one attached hydrogen (secondary N) is 1. The SMILES string of the molecule is N#CN1CC2CCC(C1)C2Nc1nc2n(n1)CCCC2c1ccc(F)c(F)c1F. The molecule has 3 unspecified atom stereocenters. The number of aromatic nitrogens is 3. The van der Waals surface area contributed by atoms with Gasteiger partial charge >= 0.3 is 0 Å². The Morgan fingerprint density at radius 2 is 1.83 bits per heavy atom. The summed E-state index contributed by atoms with van der Waals surface area (Å²) in [6.45, 7) is 2.13. The third-order valence-corrected chi connectivity index (χ3v) is 6.59. The minimum Gasteiger partial charge on any atom is -0.350 e. The molecule has 2 aliphatic heterocycles. The van der Waals surface area contributed by atoms with Crippen molar-refractivity contribution >= 4 is 5.95 Å². The van der Waals surface area contributed by atoms with Gasteiger partial charge in [-0.25, -0.2) is 17.9 Å². The van der Waals surface area contributed by atoms with Gasteiger partial charge in [-0.1, -0.05) is 6.07 Å². The molecule has 1 aromatic heterocycles. The summed E-state index contributed by atoms with van der Waals surface area (Å²) in [7, 11) is 0. The highest BCUT2D eigenvalue weighted by atomic mass is 19.2. The summed E-state index contributed by atoms with van der Waals surface area (Å²) < 4.78 is 43.2. The summed E-state index contributed by atoms with van der Waals surface area (Å²) >= 11 is 0. The van der Waals surface area contributed by atoms with Crippen molar-refractivity contribution in [1.82, 2.24) is 19.7 Å². The number of fused-ring (bicyclic) bond motifs is 3. The number of benzene rings is 1. The first-order chi connectivity index (χ1) is 14.0. The van der Waals surface area contributed by atoms with Gasteiger partial charge < -0.3 is 10.2 Å². The Morgan fingerprint density at radius 1 is 1.07 bits per heavy atom. The first kappa shape index (κ1) is 18.3. The Hall–Kier alpha value is -2.76. The highest BCUT2D eigenvalue weighted by Gasteiger charge is 2.42. The van der Waals surface area contributed by atoms with Crippen LogP contribution in [0.15, 0.2) is 12.1 Å². The second-order valence-electron chi connectivity index (χ2n) is 8.25. The summed E-state index contributed by atoms with van der Waals surface area (Å²) in [4.78, 5) is 6.42. The highest BCUT2D eigenvalue weighted by Crippen LogP contribution is 2.39. The number of anilines is 1. The van der Waals surface area contributed by atoms with Gasteiger partial charge in [0.1, 0.15) is 5.82 Å². The smallest absolute Gasteiger partial charge is 0.242 e. The highest BCUT2D eigenvalue weighted by molar-refractivity contribution is 5.34.